The molecule has 1 atom stereocenters. The fraction of sp³-hybridized carbons (Fsp3) is 0.875. The Morgan fingerprint density at radius 3 is 2.00 bits per heavy atom. The van der Waals surface area contributed by atoms with E-state index in [9.17, 15) is 9.59 Å². The number of carbonyl (C=O) groups excluding carboxylic acids is 1. The topological polar surface area (TPSA) is 57.6 Å². The van der Waals surface area contributed by atoms with Gasteiger partial charge in [-0.1, -0.05) is 0 Å². The molecule has 1 amide bonds. The zero-order chi connectivity index (χ0) is 14.5. The smallest absolute Gasteiger partial charge is 0.315 e. The number of amides is 1. The molecular formula is C16H25NO3. The van der Waals surface area contributed by atoms with Crippen molar-refractivity contribution in [3.8, 4) is 0 Å². The van der Waals surface area contributed by atoms with Crippen LogP contribution >= 0.6 is 0 Å². The van der Waals surface area contributed by atoms with Gasteiger partial charge in [0.15, 0.2) is 0 Å². The van der Waals surface area contributed by atoms with Crippen LogP contribution in [0.5, 0.6) is 0 Å². The van der Waals surface area contributed by atoms with E-state index in [0.717, 1.165) is 24.3 Å². The van der Waals surface area contributed by atoms with Crippen molar-refractivity contribution in [2.75, 3.05) is 13.6 Å². The fourth-order valence-corrected chi connectivity index (χ4v) is 5.50. The van der Waals surface area contributed by atoms with Gasteiger partial charge in [0.1, 0.15) is 5.92 Å². The third kappa shape index (κ3) is 2.33. The summed E-state index contributed by atoms with van der Waals surface area (Å²) in [6, 6.07) is 0. The van der Waals surface area contributed by atoms with Gasteiger partial charge in [0.25, 0.3) is 0 Å². The molecule has 0 aliphatic heterocycles. The van der Waals surface area contributed by atoms with Gasteiger partial charge in [-0.3, -0.25) is 9.59 Å². The molecule has 4 rings (SSSR count). The minimum absolute atomic E-state index is 0.242. The van der Waals surface area contributed by atoms with Crippen LogP contribution < -0.4 is 0 Å². The number of nitrogens with zero attached hydrogens (tertiary/aromatic N) is 1. The van der Waals surface area contributed by atoms with E-state index >= 15 is 0 Å². The Morgan fingerprint density at radius 1 is 1.15 bits per heavy atom. The van der Waals surface area contributed by atoms with E-state index in [1.165, 1.54) is 45.4 Å². The average Bonchev–Trinajstić information content (AvgIpc) is 2.34. The van der Waals surface area contributed by atoms with Gasteiger partial charge >= 0.3 is 5.97 Å². The van der Waals surface area contributed by atoms with Crippen molar-refractivity contribution in [3.63, 3.8) is 0 Å². The largest absolute Gasteiger partial charge is 0.481 e. The first-order valence-corrected chi connectivity index (χ1v) is 7.86. The highest BCUT2D eigenvalue weighted by molar-refractivity contribution is 5.96. The summed E-state index contributed by atoms with van der Waals surface area (Å²) in [6.07, 6.45) is 7.92. The monoisotopic (exact) mass is 279 g/mol. The van der Waals surface area contributed by atoms with Crippen LogP contribution in [0.2, 0.25) is 0 Å². The molecule has 4 aliphatic carbocycles. The first-order valence-electron chi connectivity index (χ1n) is 7.86. The fourth-order valence-electron chi connectivity index (χ4n) is 5.50. The molecule has 4 heteroatoms. The second kappa shape index (κ2) is 4.74. The molecule has 20 heavy (non-hydrogen) atoms. The van der Waals surface area contributed by atoms with Crippen molar-refractivity contribution in [1.82, 2.24) is 4.90 Å². The number of aliphatic carboxylic acids is 1. The van der Waals surface area contributed by atoms with Gasteiger partial charge < -0.3 is 10.0 Å². The van der Waals surface area contributed by atoms with Crippen molar-refractivity contribution < 1.29 is 14.7 Å². The SMILES string of the molecule is CC(C(=O)O)C(=O)N(C)CC12CC3CC(CC(C3)C1)C2. The molecule has 4 aliphatic rings. The summed E-state index contributed by atoms with van der Waals surface area (Å²) in [5.41, 5.74) is 0.289. The maximum atomic E-state index is 12.2. The van der Waals surface area contributed by atoms with E-state index in [-0.39, 0.29) is 11.3 Å². The summed E-state index contributed by atoms with van der Waals surface area (Å²) in [6.45, 7) is 2.24. The van der Waals surface area contributed by atoms with E-state index in [1.807, 2.05) is 0 Å². The summed E-state index contributed by atoms with van der Waals surface area (Å²) in [7, 11) is 1.78. The van der Waals surface area contributed by atoms with Gasteiger partial charge in [-0.05, 0) is 68.6 Å². The van der Waals surface area contributed by atoms with Crippen LogP contribution in [0.1, 0.15) is 45.4 Å². The second-order valence-corrected chi connectivity index (χ2v) is 7.67. The van der Waals surface area contributed by atoms with Gasteiger partial charge in [-0.25, -0.2) is 0 Å². The molecule has 1 unspecified atom stereocenters. The lowest BCUT2D eigenvalue weighted by atomic mass is 9.49. The molecule has 1 N–H and O–H groups in total. The molecule has 0 radical (unpaired) electrons. The zero-order valence-corrected chi connectivity index (χ0v) is 12.5. The maximum absolute atomic E-state index is 12.2. The average molecular weight is 279 g/mol. The highest BCUT2D eigenvalue weighted by Gasteiger charge is 2.51. The molecule has 4 fully saturated rings. The molecule has 0 aromatic heterocycles. The highest BCUT2D eigenvalue weighted by Crippen LogP contribution is 2.60. The predicted octanol–water partition coefficient (Wildman–Crippen LogP) is 2.38. The minimum Gasteiger partial charge on any atom is -0.481 e. The van der Waals surface area contributed by atoms with Gasteiger partial charge in [0, 0.05) is 13.6 Å². The van der Waals surface area contributed by atoms with Crippen molar-refractivity contribution in [2.45, 2.75) is 45.4 Å². The predicted molar refractivity (Wildman–Crippen MR) is 75.0 cm³/mol. The molecule has 4 saturated carbocycles. The van der Waals surface area contributed by atoms with Gasteiger partial charge in [0.05, 0.1) is 0 Å². The molecule has 0 aromatic carbocycles. The van der Waals surface area contributed by atoms with E-state index in [2.05, 4.69) is 0 Å². The zero-order valence-electron chi connectivity index (χ0n) is 12.5. The van der Waals surface area contributed by atoms with Crippen molar-refractivity contribution >= 4 is 11.9 Å². The molecular weight excluding hydrogens is 254 g/mol. The molecule has 112 valence electrons. The number of hydrogen-bond donors (Lipinski definition) is 1. The summed E-state index contributed by atoms with van der Waals surface area (Å²) < 4.78 is 0. The van der Waals surface area contributed by atoms with Gasteiger partial charge in [-0.15, -0.1) is 0 Å². The number of carbonyl (C=O) groups is 2. The third-order valence-corrected chi connectivity index (χ3v) is 5.85. The Labute approximate surface area is 120 Å². The molecule has 0 aromatic rings. The first kappa shape index (κ1) is 13.9. The first-order chi connectivity index (χ1) is 9.38. The highest BCUT2D eigenvalue weighted by atomic mass is 16.4. The standard InChI is InChI=1S/C16H25NO3/c1-10(15(19)20)14(18)17(2)9-16-6-11-3-12(7-16)5-13(4-11)8-16/h10-13H,3-9H2,1-2H3,(H,19,20). The Hall–Kier alpha value is -1.06. The van der Waals surface area contributed by atoms with E-state index in [0.29, 0.717) is 0 Å². The van der Waals surface area contributed by atoms with E-state index < -0.39 is 11.9 Å². The van der Waals surface area contributed by atoms with Crippen LogP contribution in [0.15, 0.2) is 0 Å². The van der Waals surface area contributed by atoms with Crippen LogP contribution in [0.4, 0.5) is 0 Å². The molecule has 0 spiro atoms. The normalized spacial score (nSPS) is 39.6. The molecule has 4 bridgehead atoms. The summed E-state index contributed by atoms with van der Waals surface area (Å²) >= 11 is 0. The minimum atomic E-state index is -1.02. The Morgan fingerprint density at radius 2 is 1.60 bits per heavy atom. The quantitative estimate of drug-likeness (QED) is 0.804. The van der Waals surface area contributed by atoms with E-state index in [1.54, 1.807) is 11.9 Å². The van der Waals surface area contributed by atoms with Crippen LogP contribution in [-0.2, 0) is 9.59 Å². The molecule has 0 saturated heterocycles. The lowest BCUT2D eigenvalue weighted by Gasteiger charge is -2.57. The summed E-state index contributed by atoms with van der Waals surface area (Å²) in [5, 5.41) is 8.98. The maximum Gasteiger partial charge on any atom is 0.315 e. The van der Waals surface area contributed by atoms with Crippen LogP contribution in [0.3, 0.4) is 0 Å². The number of carboxylic acid groups (broad SMARTS) is 1. The Bertz CT molecular complexity index is 396. The Kier molecular flexibility index (Phi) is 3.30. The van der Waals surface area contributed by atoms with Gasteiger partial charge in [-0.2, -0.15) is 0 Å². The number of rotatable bonds is 4. The Balaban J connectivity index is 1.68. The van der Waals surface area contributed by atoms with Gasteiger partial charge in [0.2, 0.25) is 5.91 Å². The molecule has 4 nitrogen and oxygen atoms in total. The van der Waals surface area contributed by atoms with Crippen LogP contribution in [-0.4, -0.2) is 35.5 Å². The van der Waals surface area contributed by atoms with Crippen LogP contribution in [0, 0.1) is 29.1 Å². The van der Waals surface area contributed by atoms with Crippen LogP contribution in [0.25, 0.3) is 0 Å². The van der Waals surface area contributed by atoms with Crippen molar-refractivity contribution in [2.24, 2.45) is 29.1 Å². The number of carboxylic acids is 1. The third-order valence-electron chi connectivity index (χ3n) is 5.85. The van der Waals surface area contributed by atoms with Crippen molar-refractivity contribution in [1.29, 1.82) is 0 Å². The lowest BCUT2D eigenvalue weighted by Crippen LogP contribution is -2.52. The molecule has 0 heterocycles. The summed E-state index contributed by atoms with van der Waals surface area (Å²) in [4.78, 5) is 24.8. The van der Waals surface area contributed by atoms with Crippen molar-refractivity contribution in [3.05, 3.63) is 0 Å². The lowest BCUT2D eigenvalue weighted by molar-refractivity contribution is -0.152. The van der Waals surface area contributed by atoms with E-state index in [4.69, 9.17) is 5.11 Å². The number of hydrogen-bond acceptors (Lipinski definition) is 2. The second-order valence-electron chi connectivity index (χ2n) is 7.67. The summed E-state index contributed by atoms with van der Waals surface area (Å²) in [5.74, 6) is 0.402.